The van der Waals surface area contributed by atoms with Crippen LogP contribution >= 0.6 is 0 Å². The maximum Gasteiger partial charge on any atom is 0.295 e. The molecular formula is C25H30N4O3. The first kappa shape index (κ1) is 20.8. The molecule has 1 aliphatic heterocycles. The highest BCUT2D eigenvalue weighted by molar-refractivity contribution is 5.74. The number of nitrogens with one attached hydrogen (secondary N) is 1. The smallest absolute Gasteiger partial charge is 0.295 e. The summed E-state index contributed by atoms with van der Waals surface area (Å²) in [5.41, 5.74) is 2.96. The fourth-order valence-corrected chi connectivity index (χ4v) is 5.48. The van der Waals surface area contributed by atoms with E-state index in [4.69, 9.17) is 4.42 Å². The Bertz CT molecular complexity index is 1030. The summed E-state index contributed by atoms with van der Waals surface area (Å²) < 4.78 is 5.93. The van der Waals surface area contributed by atoms with Crippen molar-refractivity contribution in [2.75, 3.05) is 23.3 Å². The predicted molar refractivity (Wildman–Crippen MR) is 126 cm³/mol. The molecule has 1 saturated carbocycles. The van der Waals surface area contributed by atoms with Crippen LogP contribution in [-0.4, -0.2) is 29.0 Å². The molecule has 2 heterocycles. The van der Waals surface area contributed by atoms with Gasteiger partial charge in [0.1, 0.15) is 5.52 Å². The van der Waals surface area contributed by atoms with Crippen molar-refractivity contribution in [2.45, 2.75) is 51.0 Å². The lowest BCUT2D eigenvalue weighted by Gasteiger charge is -2.39. The second kappa shape index (κ2) is 9.18. The Morgan fingerprint density at radius 1 is 1.06 bits per heavy atom. The zero-order valence-corrected chi connectivity index (χ0v) is 18.3. The van der Waals surface area contributed by atoms with Crippen LogP contribution in [0.25, 0.3) is 11.1 Å². The summed E-state index contributed by atoms with van der Waals surface area (Å²) in [6.07, 6.45) is 8.53. The van der Waals surface area contributed by atoms with E-state index in [9.17, 15) is 10.1 Å². The van der Waals surface area contributed by atoms with Crippen LogP contribution < -0.4 is 10.2 Å². The molecule has 1 aromatic heterocycles. The van der Waals surface area contributed by atoms with Crippen LogP contribution in [0.1, 0.15) is 44.9 Å². The average Bonchev–Trinajstić information content (AvgIpc) is 3.23. The van der Waals surface area contributed by atoms with Crippen molar-refractivity contribution in [3.8, 4) is 0 Å². The number of aromatic nitrogens is 1. The van der Waals surface area contributed by atoms with E-state index in [1.807, 2.05) is 36.4 Å². The Balaban J connectivity index is 1.23. The van der Waals surface area contributed by atoms with Gasteiger partial charge < -0.3 is 14.6 Å². The van der Waals surface area contributed by atoms with Gasteiger partial charge in [-0.15, -0.1) is 0 Å². The molecule has 0 bridgehead atoms. The standard InChI is InChI=1S/C25H30N4O3/c30-29(31)21-13-11-20(12-14-21)28-15-5-6-18(17-28)16-19-7-1-2-8-22(19)26-25-27-23-9-3-4-10-24(23)32-25/h3-4,9-14,18-19,22H,1-2,5-8,15-17H2,(H,26,27)/t18-,19+,22-/m1/s1. The van der Waals surface area contributed by atoms with Gasteiger partial charge in [-0.1, -0.05) is 25.0 Å². The second-order valence-corrected chi connectivity index (χ2v) is 9.25. The van der Waals surface area contributed by atoms with Gasteiger partial charge in [-0.05, 0) is 68.2 Å². The summed E-state index contributed by atoms with van der Waals surface area (Å²) >= 11 is 0. The minimum absolute atomic E-state index is 0.151. The van der Waals surface area contributed by atoms with Crippen molar-refractivity contribution in [3.05, 3.63) is 58.6 Å². The summed E-state index contributed by atoms with van der Waals surface area (Å²) in [7, 11) is 0. The van der Waals surface area contributed by atoms with Crippen molar-refractivity contribution in [1.82, 2.24) is 4.98 Å². The highest BCUT2D eigenvalue weighted by Crippen LogP contribution is 2.35. The van der Waals surface area contributed by atoms with Crippen LogP contribution in [0.15, 0.2) is 52.9 Å². The molecule has 2 fully saturated rings. The van der Waals surface area contributed by atoms with Gasteiger partial charge in [0.25, 0.3) is 11.7 Å². The van der Waals surface area contributed by atoms with Gasteiger partial charge in [-0.3, -0.25) is 10.1 Å². The van der Waals surface area contributed by atoms with Crippen LogP contribution in [0.5, 0.6) is 0 Å². The normalized spacial score (nSPS) is 23.9. The monoisotopic (exact) mass is 434 g/mol. The van der Waals surface area contributed by atoms with E-state index in [1.165, 1.54) is 32.1 Å². The number of nitro benzene ring substituents is 1. The van der Waals surface area contributed by atoms with Crippen LogP contribution in [0.3, 0.4) is 0 Å². The summed E-state index contributed by atoms with van der Waals surface area (Å²) in [5, 5.41) is 14.6. The third kappa shape index (κ3) is 4.56. The molecule has 2 aliphatic rings. The number of hydrogen-bond acceptors (Lipinski definition) is 6. The molecule has 0 amide bonds. The van der Waals surface area contributed by atoms with Gasteiger partial charge in [0.15, 0.2) is 5.58 Å². The Morgan fingerprint density at radius 3 is 2.69 bits per heavy atom. The molecule has 1 saturated heterocycles. The van der Waals surface area contributed by atoms with Crippen molar-refractivity contribution >= 4 is 28.5 Å². The zero-order chi connectivity index (χ0) is 21.9. The third-order valence-corrected chi connectivity index (χ3v) is 7.09. The average molecular weight is 435 g/mol. The Morgan fingerprint density at radius 2 is 1.88 bits per heavy atom. The van der Waals surface area contributed by atoms with E-state index >= 15 is 0 Å². The summed E-state index contributed by atoms with van der Waals surface area (Å²) in [6.45, 7) is 2.04. The number of oxazole rings is 1. The number of piperidine rings is 1. The van der Waals surface area contributed by atoms with Crippen molar-refractivity contribution in [1.29, 1.82) is 0 Å². The van der Waals surface area contributed by atoms with E-state index in [-0.39, 0.29) is 10.6 Å². The maximum absolute atomic E-state index is 10.9. The van der Waals surface area contributed by atoms with E-state index in [0.29, 0.717) is 23.9 Å². The number of anilines is 2. The molecule has 5 rings (SSSR count). The lowest BCUT2D eigenvalue weighted by Crippen LogP contribution is -2.39. The Labute approximate surface area is 188 Å². The van der Waals surface area contributed by atoms with Crippen molar-refractivity contribution < 1.29 is 9.34 Å². The molecule has 1 aliphatic carbocycles. The quantitative estimate of drug-likeness (QED) is 0.378. The highest BCUT2D eigenvalue weighted by Gasteiger charge is 2.30. The number of rotatable bonds is 6. The van der Waals surface area contributed by atoms with Gasteiger partial charge in [-0.25, -0.2) is 0 Å². The molecule has 7 heteroatoms. The minimum atomic E-state index is -0.337. The largest absolute Gasteiger partial charge is 0.424 e. The zero-order valence-electron chi connectivity index (χ0n) is 18.3. The summed E-state index contributed by atoms with van der Waals surface area (Å²) in [4.78, 5) is 17.6. The number of nitrogens with zero attached hydrogens (tertiary/aromatic N) is 3. The van der Waals surface area contributed by atoms with E-state index in [0.717, 1.165) is 42.7 Å². The lowest BCUT2D eigenvalue weighted by molar-refractivity contribution is -0.384. The molecule has 0 spiro atoms. The summed E-state index contributed by atoms with van der Waals surface area (Å²) in [6, 6.07) is 15.9. The lowest BCUT2D eigenvalue weighted by atomic mass is 9.77. The molecule has 7 nitrogen and oxygen atoms in total. The first-order valence-corrected chi connectivity index (χ1v) is 11.8. The molecule has 3 aromatic rings. The number of nitro groups is 1. The van der Waals surface area contributed by atoms with Gasteiger partial charge in [0.05, 0.1) is 4.92 Å². The Kier molecular flexibility index (Phi) is 5.97. The second-order valence-electron chi connectivity index (χ2n) is 9.25. The molecule has 2 aromatic carbocycles. The van der Waals surface area contributed by atoms with Gasteiger partial charge in [-0.2, -0.15) is 4.98 Å². The highest BCUT2D eigenvalue weighted by atomic mass is 16.6. The van der Waals surface area contributed by atoms with Crippen molar-refractivity contribution in [2.24, 2.45) is 11.8 Å². The number of para-hydroxylation sites is 2. The molecule has 0 unspecified atom stereocenters. The predicted octanol–water partition coefficient (Wildman–Crippen LogP) is 6.01. The topological polar surface area (TPSA) is 84.4 Å². The van der Waals surface area contributed by atoms with Crippen LogP contribution in [0.4, 0.5) is 17.4 Å². The SMILES string of the molecule is O=[N+]([O-])c1ccc(N2CCC[C@H](C[C@@H]3CCCC[C@H]3Nc3nc4ccccc4o3)C2)cc1. The molecule has 3 atom stereocenters. The first-order valence-electron chi connectivity index (χ1n) is 11.8. The number of hydrogen-bond donors (Lipinski definition) is 1. The van der Waals surface area contributed by atoms with E-state index in [1.54, 1.807) is 12.1 Å². The summed E-state index contributed by atoms with van der Waals surface area (Å²) in [5.74, 6) is 1.25. The van der Waals surface area contributed by atoms with Gasteiger partial charge in [0, 0.05) is 37.0 Å². The van der Waals surface area contributed by atoms with Gasteiger partial charge >= 0.3 is 0 Å². The first-order chi connectivity index (χ1) is 15.7. The Hall–Kier alpha value is -3.09. The molecule has 168 valence electrons. The van der Waals surface area contributed by atoms with E-state index in [2.05, 4.69) is 15.2 Å². The molecule has 0 radical (unpaired) electrons. The minimum Gasteiger partial charge on any atom is -0.424 e. The number of benzene rings is 2. The van der Waals surface area contributed by atoms with Crippen LogP contribution in [0.2, 0.25) is 0 Å². The maximum atomic E-state index is 10.9. The van der Waals surface area contributed by atoms with Crippen LogP contribution in [-0.2, 0) is 0 Å². The number of fused-ring (bicyclic) bond motifs is 1. The fraction of sp³-hybridized carbons (Fsp3) is 0.480. The fourth-order valence-electron chi connectivity index (χ4n) is 5.48. The van der Waals surface area contributed by atoms with Crippen LogP contribution in [0, 0.1) is 22.0 Å². The third-order valence-electron chi connectivity index (χ3n) is 7.09. The van der Waals surface area contributed by atoms with Crippen molar-refractivity contribution in [3.63, 3.8) is 0 Å². The van der Waals surface area contributed by atoms with E-state index < -0.39 is 0 Å². The molecular weight excluding hydrogens is 404 g/mol. The van der Waals surface area contributed by atoms with Gasteiger partial charge in [0.2, 0.25) is 0 Å². The number of non-ortho nitro benzene ring substituents is 1. The molecule has 1 N–H and O–H groups in total. The molecule has 32 heavy (non-hydrogen) atoms.